The van der Waals surface area contributed by atoms with Gasteiger partial charge in [0.25, 0.3) is 0 Å². The molecule has 0 aliphatic heterocycles. The Morgan fingerprint density at radius 3 is 2.67 bits per heavy atom. The second kappa shape index (κ2) is 4.58. The first-order valence-electron chi connectivity index (χ1n) is 4.09. The molecule has 1 atom stereocenters. The highest BCUT2D eigenvalue weighted by atomic mass is 127. The van der Waals surface area contributed by atoms with E-state index in [0.29, 0.717) is 5.92 Å². The van der Waals surface area contributed by atoms with E-state index in [2.05, 4.69) is 47.9 Å². The number of nitrogens with two attached hydrogens (primary N) is 1. The number of rotatable bonds is 3. The van der Waals surface area contributed by atoms with Gasteiger partial charge in [0.05, 0.1) is 2.88 Å². The minimum absolute atomic E-state index is 0.227. The van der Waals surface area contributed by atoms with Crippen molar-refractivity contribution in [1.82, 2.24) is 0 Å². The van der Waals surface area contributed by atoms with E-state index in [1.54, 1.807) is 11.3 Å². The number of hydrogen-bond donors (Lipinski definition) is 1. The summed E-state index contributed by atoms with van der Waals surface area (Å²) in [5, 5.41) is 2.16. The predicted molar refractivity (Wildman–Crippen MR) is 63.4 cm³/mol. The maximum atomic E-state index is 6.01. The Balaban J connectivity index is 2.58. The fraction of sp³-hybridized carbons (Fsp3) is 0.556. The van der Waals surface area contributed by atoms with Crippen molar-refractivity contribution in [3.05, 3.63) is 19.9 Å². The molecule has 0 fully saturated rings. The molecule has 0 radical (unpaired) electrons. The highest BCUT2D eigenvalue weighted by Gasteiger charge is 2.09. The Morgan fingerprint density at radius 2 is 2.25 bits per heavy atom. The molecular formula is C9H14INS. The van der Waals surface area contributed by atoms with Crippen LogP contribution in [0.15, 0.2) is 11.4 Å². The minimum Gasteiger partial charge on any atom is -0.324 e. The van der Waals surface area contributed by atoms with Crippen LogP contribution in [0.2, 0.25) is 0 Å². The molecule has 1 aromatic heterocycles. The van der Waals surface area contributed by atoms with Crippen LogP contribution in [-0.2, 0) is 0 Å². The third-order valence-electron chi connectivity index (χ3n) is 1.74. The van der Waals surface area contributed by atoms with Crippen LogP contribution in [0.4, 0.5) is 0 Å². The van der Waals surface area contributed by atoms with Crippen LogP contribution in [0.1, 0.15) is 31.9 Å². The van der Waals surface area contributed by atoms with Crippen molar-refractivity contribution in [1.29, 1.82) is 0 Å². The molecule has 1 aromatic rings. The zero-order valence-electron chi connectivity index (χ0n) is 7.38. The molecule has 0 aromatic carbocycles. The zero-order chi connectivity index (χ0) is 9.14. The summed E-state index contributed by atoms with van der Waals surface area (Å²) in [6.45, 7) is 4.41. The Morgan fingerprint density at radius 1 is 1.58 bits per heavy atom. The van der Waals surface area contributed by atoms with Crippen LogP contribution in [0.25, 0.3) is 0 Å². The van der Waals surface area contributed by atoms with E-state index in [0.717, 1.165) is 6.42 Å². The molecule has 3 heteroatoms. The molecule has 0 amide bonds. The number of thiophene rings is 1. The molecule has 0 saturated carbocycles. The van der Waals surface area contributed by atoms with Crippen molar-refractivity contribution < 1.29 is 0 Å². The molecule has 0 bridgehead atoms. The third kappa shape index (κ3) is 3.03. The average molecular weight is 295 g/mol. The second-order valence-electron chi connectivity index (χ2n) is 3.42. The van der Waals surface area contributed by atoms with E-state index in [9.17, 15) is 0 Å². The monoisotopic (exact) mass is 295 g/mol. The van der Waals surface area contributed by atoms with E-state index in [1.165, 1.54) is 8.45 Å². The first-order chi connectivity index (χ1) is 5.59. The van der Waals surface area contributed by atoms with E-state index in [1.807, 2.05) is 0 Å². The quantitative estimate of drug-likeness (QED) is 0.850. The first-order valence-corrected chi connectivity index (χ1v) is 6.05. The van der Waals surface area contributed by atoms with Gasteiger partial charge in [0.15, 0.2) is 0 Å². The van der Waals surface area contributed by atoms with Gasteiger partial charge in [-0.05, 0) is 51.9 Å². The van der Waals surface area contributed by atoms with Crippen LogP contribution in [0, 0.1) is 8.80 Å². The smallest absolute Gasteiger partial charge is 0.0656 e. The Kier molecular flexibility index (Phi) is 3.99. The molecule has 0 aliphatic rings. The molecular weight excluding hydrogens is 281 g/mol. The van der Waals surface area contributed by atoms with Gasteiger partial charge in [-0.25, -0.2) is 0 Å². The highest BCUT2D eigenvalue weighted by molar-refractivity contribution is 14.1. The van der Waals surface area contributed by atoms with Crippen molar-refractivity contribution >= 4 is 33.9 Å². The highest BCUT2D eigenvalue weighted by Crippen LogP contribution is 2.24. The Labute approximate surface area is 91.5 Å². The fourth-order valence-electron chi connectivity index (χ4n) is 1.16. The fourth-order valence-corrected chi connectivity index (χ4v) is 2.60. The van der Waals surface area contributed by atoms with Gasteiger partial charge in [-0.3, -0.25) is 0 Å². The summed E-state index contributed by atoms with van der Waals surface area (Å²) in [7, 11) is 0. The zero-order valence-corrected chi connectivity index (χ0v) is 10.4. The Hall–Kier alpha value is 0.390. The van der Waals surface area contributed by atoms with Gasteiger partial charge in [0.2, 0.25) is 0 Å². The molecule has 1 heterocycles. The largest absolute Gasteiger partial charge is 0.324 e. The van der Waals surface area contributed by atoms with Gasteiger partial charge < -0.3 is 5.73 Å². The second-order valence-corrected chi connectivity index (χ2v) is 6.23. The van der Waals surface area contributed by atoms with Crippen LogP contribution in [0.5, 0.6) is 0 Å². The summed E-state index contributed by atoms with van der Waals surface area (Å²) < 4.78 is 1.32. The van der Waals surface area contributed by atoms with Crippen molar-refractivity contribution in [2.24, 2.45) is 11.7 Å². The van der Waals surface area contributed by atoms with Crippen LogP contribution >= 0.6 is 33.9 Å². The summed E-state index contributed by atoms with van der Waals surface area (Å²) >= 11 is 4.10. The summed E-state index contributed by atoms with van der Waals surface area (Å²) in [5.41, 5.74) is 7.30. The minimum atomic E-state index is 0.227. The predicted octanol–water partition coefficient (Wildman–Crippen LogP) is 3.40. The number of hydrogen-bond acceptors (Lipinski definition) is 2. The molecule has 68 valence electrons. The Bertz CT molecular complexity index is 244. The lowest BCUT2D eigenvalue weighted by Crippen LogP contribution is -2.11. The third-order valence-corrected chi connectivity index (χ3v) is 3.55. The summed E-state index contributed by atoms with van der Waals surface area (Å²) in [4.78, 5) is 0. The van der Waals surface area contributed by atoms with Gasteiger partial charge in [0, 0.05) is 6.04 Å². The van der Waals surface area contributed by atoms with E-state index < -0.39 is 0 Å². The lowest BCUT2D eigenvalue weighted by Gasteiger charge is -2.11. The lowest BCUT2D eigenvalue weighted by molar-refractivity contribution is 0.511. The van der Waals surface area contributed by atoms with Crippen molar-refractivity contribution in [2.45, 2.75) is 26.3 Å². The molecule has 1 rings (SSSR count). The van der Waals surface area contributed by atoms with Crippen molar-refractivity contribution in [3.63, 3.8) is 0 Å². The van der Waals surface area contributed by atoms with Gasteiger partial charge in [0.1, 0.15) is 0 Å². The lowest BCUT2D eigenvalue weighted by atomic mass is 10.0. The van der Waals surface area contributed by atoms with Crippen molar-refractivity contribution in [3.8, 4) is 0 Å². The van der Waals surface area contributed by atoms with Gasteiger partial charge in [-0.2, -0.15) is 0 Å². The van der Waals surface area contributed by atoms with E-state index in [4.69, 9.17) is 5.73 Å². The first kappa shape index (κ1) is 10.5. The van der Waals surface area contributed by atoms with Crippen LogP contribution in [-0.4, -0.2) is 0 Å². The molecule has 0 saturated heterocycles. The SMILES string of the molecule is CC(C)CC(N)c1csc(I)c1. The van der Waals surface area contributed by atoms with Crippen LogP contribution < -0.4 is 5.73 Å². The normalized spacial score (nSPS) is 13.8. The molecule has 12 heavy (non-hydrogen) atoms. The topological polar surface area (TPSA) is 26.0 Å². The van der Waals surface area contributed by atoms with Gasteiger partial charge in [-0.15, -0.1) is 11.3 Å². The average Bonchev–Trinajstić information content (AvgIpc) is 2.34. The summed E-state index contributed by atoms with van der Waals surface area (Å²) in [6.07, 6.45) is 1.08. The van der Waals surface area contributed by atoms with E-state index >= 15 is 0 Å². The molecule has 1 unspecified atom stereocenters. The maximum absolute atomic E-state index is 6.01. The van der Waals surface area contributed by atoms with Gasteiger partial charge >= 0.3 is 0 Å². The number of halogens is 1. The standard InChI is InChI=1S/C9H14INS/c1-6(2)3-8(11)7-4-9(10)12-5-7/h4-6,8H,3,11H2,1-2H3. The molecule has 1 nitrogen and oxygen atoms in total. The molecule has 2 N–H and O–H groups in total. The van der Waals surface area contributed by atoms with Crippen molar-refractivity contribution in [2.75, 3.05) is 0 Å². The van der Waals surface area contributed by atoms with Crippen LogP contribution in [0.3, 0.4) is 0 Å². The van der Waals surface area contributed by atoms with Gasteiger partial charge in [-0.1, -0.05) is 13.8 Å². The van der Waals surface area contributed by atoms with E-state index in [-0.39, 0.29) is 6.04 Å². The summed E-state index contributed by atoms with van der Waals surface area (Å²) in [5.74, 6) is 0.678. The molecule has 0 aliphatic carbocycles. The molecule has 0 spiro atoms. The summed E-state index contributed by atoms with van der Waals surface area (Å²) in [6, 6.07) is 2.41. The maximum Gasteiger partial charge on any atom is 0.0656 e.